The van der Waals surface area contributed by atoms with E-state index < -0.39 is 5.60 Å². The number of nitrogens with one attached hydrogen (secondary N) is 1. The molecule has 0 radical (unpaired) electrons. The molecule has 1 atom stereocenters. The van der Waals surface area contributed by atoms with E-state index in [1.807, 2.05) is 6.92 Å². The Labute approximate surface area is 124 Å². The third kappa shape index (κ3) is 4.37. The lowest BCUT2D eigenvalue weighted by Gasteiger charge is -2.27. The van der Waals surface area contributed by atoms with Gasteiger partial charge in [-0.1, -0.05) is 11.6 Å². The molecule has 0 spiro atoms. The number of hydrogen-bond acceptors (Lipinski definition) is 4. The van der Waals surface area contributed by atoms with Crippen LogP contribution >= 0.6 is 11.6 Å². The lowest BCUT2D eigenvalue weighted by molar-refractivity contribution is -0.0479. The molecule has 0 aliphatic heterocycles. The first-order chi connectivity index (χ1) is 9.45. The summed E-state index contributed by atoms with van der Waals surface area (Å²) in [5.74, 6) is 0.196. The third-order valence-corrected chi connectivity index (χ3v) is 3.21. The van der Waals surface area contributed by atoms with Crippen LogP contribution in [0, 0.1) is 0 Å². The van der Waals surface area contributed by atoms with E-state index in [1.54, 1.807) is 32.4 Å². The lowest BCUT2D eigenvalue weighted by Crippen LogP contribution is -2.45. The number of hydrogen-bond donors (Lipinski definition) is 1. The predicted octanol–water partition coefficient (Wildman–Crippen LogP) is 2.13. The number of carbonyl (C=O) groups excluding carboxylic acids is 1. The van der Waals surface area contributed by atoms with Gasteiger partial charge in [0.15, 0.2) is 0 Å². The van der Waals surface area contributed by atoms with Gasteiger partial charge >= 0.3 is 0 Å². The second-order valence-corrected chi connectivity index (χ2v) is 5.05. The molecule has 0 saturated heterocycles. The van der Waals surface area contributed by atoms with E-state index in [4.69, 9.17) is 25.8 Å². The Morgan fingerprint density at radius 2 is 2.05 bits per heavy atom. The molecular weight excluding hydrogens is 282 g/mol. The van der Waals surface area contributed by atoms with Crippen molar-refractivity contribution in [3.8, 4) is 5.75 Å². The molecule has 0 aromatic heterocycles. The molecule has 1 rings (SSSR count). The molecule has 0 fully saturated rings. The van der Waals surface area contributed by atoms with Crippen molar-refractivity contribution in [3.63, 3.8) is 0 Å². The average molecular weight is 302 g/mol. The summed E-state index contributed by atoms with van der Waals surface area (Å²) >= 11 is 5.90. The summed E-state index contributed by atoms with van der Waals surface area (Å²) in [5.41, 5.74) is -0.202. The maximum absolute atomic E-state index is 12.2. The van der Waals surface area contributed by atoms with E-state index in [9.17, 15) is 4.79 Å². The summed E-state index contributed by atoms with van der Waals surface area (Å²) in [4.78, 5) is 12.2. The Hall–Kier alpha value is -1.30. The van der Waals surface area contributed by atoms with Crippen LogP contribution in [0.4, 0.5) is 0 Å². The van der Waals surface area contributed by atoms with Gasteiger partial charge in [0.2, 0.25) is 0 Å². The maximum atomic E-state index is 12.2. The summed E-state index contributed by atoms with van der Waals surface area (Å²) in [5, 5.41) is 3.27. The molecule has 0 aliphatic carbocycles. The minimum Gasteiger partial charge on any atom is -0.496 e. The van der Waals surface area contributed by atoms with Crippen LogP contribution in [-0.2, 0) is 9.47 Å². The van der Waals surface area contributed by atoms with E-state index in [1.165, 1.54) is 7.11 Å². The average Bonchev–Trinajstić information content (AvgIpc) is 2.45. The van der Waals surface area contributed by atoms with Crippen LogP contribution in [0.2, 0.25) is 5.02 Å². The van der Waals surface area contributed by atoms with Crippen molar-refractivity contribution in [1.82, 2.24) is 5.32 Å². The second kappa shape index (κ2) is 7.47. The van der Waals surface area contributed by atoms with E-state index >= 15 is 0 Å². The van der Waals surface area contributed by atoms with Gasteiger partial charge in [0.25, 0.3) is 5.91 Å². The smallest absolute Gasteiger partial charge is 0.255 e. The van der Waals surface area contributed by atoms with Crippen molar-refractivity contribution in [1.29, 1.82) is 0 Å². The van der Waals surface area contributed by atoms with Crippen LogP contribution in [0.3, 0.4) is 0 Å². The minimum absolute atomic E-state index is 0.274. The summed E-state index contributed by atoms with van der Waals surface area (Å²) < 4.78 is 15.6. The van der Waals surface area contributed by atoms with Crippen molar-refractivity contribution < 1.29 is 19.0 Å². The molecule has 1 N–H and O–H groups in total. The van der Waals surface area contributed by atoms with Gasteiger partial charge in [-0.3, -0.25) is 4.79 Å². The first-order valence-electron chi connectivity index (χ1n) is 6.11. The molecule has 0 heterocycles. The van der Waals surface area contributed by atoms with Gasteiger partial charge in [-0.15, -0.1) is 0 Å². The lowest BCUT2D eigenvalue weighted by atomic mass is 10.1. The van der Waals surface area contributed by atoms with Crippen molar-refractivity contribution >= 4 is 17.5 Å². The Kier molecular flexibility index (Phi) is 6.26. The number of carbonyl (C=O) groups is 1. The van der Waals surface area contributed by atoms with Crippen molar-refractivity contribution in [2.45, 2.75) is 12.5 Å². The van der Waals surface area contributed by atoms with E-state index in [-0.39, 0.29) is 5.91 Å². The highest BCUT2D eigenvalue weighted by molar-refractivity contribution is 6.31. The molecule has 0 unspecified atom stereocenters. The zero-order valence-electron chi connectivity index (χ0n) is 12.2. The number of amides is 1. The largest absolute Gasteiger partial charge is 0.496 e. The molecule has 1 aromatic carbocycles. The van der Waals surface area contributed by atoms with Gasteiger partial charge in [0.05, 0.1) is 19.3 Å². The van der Waals surface area contributed by atoms with Crippen LogP contribution in [0.25, 0.3) is 0 Å². The topological polar surface area (TPSA) is 56.8 Å². The molecule has 0 saturated carbocycles. The highest BCUT2D eigenvalue weighted by atomic mass is 35.5. The highest BCUT2D eigenvalue weighted by Crippen LogP contribution is 2.22. The van der Waals surface area contributed by atoms with E-state index in [0.29, 0.717) is 29.5 Å². The van der Waals surface area contributed by atoms with Gasteiger partial charge in [0, 0.05) is 25.8 Å². The third-order valence-electron chi connectivity index (χ3n) is 2.97. The molecule has 1 amide bonds. The van der Waals surface area contributed by atoms with Crippen molar-refractivity contribution in [2.75, 3.05) is 34.5 Å². The molecule has 0 aliphatic rings. The molecule has 20 heavy (non-hydrogen) atoms. The van der Waals surface area contributed by atoms with Gasteiger partial charge in [-0.2, -0.15) is 0 Å². The Morgan fingerprint density at radius 3 is 2.60 bits per heavy atom. The fraction of sp³-hybridized carbons (Fsp3) is 0.500. The predicted molar refractivity (Wildman–Crippen MR) is 77.6 cm³/mol. The van der Waals surface area contributed by atoms with Gasteiger partial charge in [-0.05, 0) is 25.1 Å². The molecule has 0 bridgehead atoms. The first kappa shape index (κ1) is 16.8. The highest BCUT2D eigenvalue weighted by Gasteiger charge is 2.25. The summed E-state index contributed by atoms with van der Waals surface area (Å²) in [6, 6.07) is 4.89. The molecule has 1 aromatic rings. The van der Waals surface area contributed by atoms with Crippen LogP contribution < -0.4 is 10.1 Å². The van der Waals surface area contributed by atoms with Crippen LogP contribution in [0.5, 0.6) is 5.75 Å². The fourth-order valence-corrected chi connectivity index (χ4v) is 1.88. The van der Waals surface area contributed by atoms with Crippen molar-refractivity contribution in [2.24, 2.45) is 0 Å². The van der Waals surface area contributed by atoms with Crippen LogP contribution in [0.1, 0.15) is 17.3 Å². The monoisotopic (exact) mass is 301 g/mol. The van der Waals surface area contributed by atoms with Gasteiger partial charge in [0.1, 0.15) is 11.4 Å². The quantitative estimate of drug-likeness (QED) is 0.838. The number of ether oxygens (including phenoxy) is 3. The minimum atomic E-state index is -0.587. The van der Waals surface area contributed by atoms with Crippen molar-refractivity contribution in [3.05, 3.63) is 28.8 Å². The number of benzene rings is 1. The molecule has 5 nitrogen and oxygen atoms in total. The number of methoxy groups -OCH3 is 3. The summed E-state index contributed by atoms with van der Waals surface area (Å²) in [6.07, 6.45) is 0. The Bertz CT molecular complexity index is 466. The summed E-state index contributed by atoms with van der Waals surface area (Å²) in [7, 11) is 4.66. The fourth-order valence-electron chi connectivity index (χ4n) is 1.71. The van der Waals surface area contributed by atoms with Gasteiger partial charge in [-0.25, -0.2) is 0 Å². The SMILES string of the molecule is COC[C@](C)(CNC(=O)c1cc(Cl)ccc1OC)OC. The van der Waals surface area contributed by atoms with E-state index in [2.05, 4.69) is 5.32 Å². The molecule has 112 valence electrons. The van der Waals surface area contributed by atoms with Gasteiger partial charge < -0.3 is 19.5 Å². The molecular formula is C14H20ClNO4. The Balaban J connectivity index is 2.79. The first-order valence-corrected chi connectivity index (χ1v) is 6.49. The van der Waals surface area contributed by atoms with Crippen LogP contribution in [0.15, 0.2) is 18.2 Å². The zero-order valence-corrected chi connectivity index (χ0v) is 12.9. The number of rotatable bonds is 7. The van der Waals surface area contributed by atoms with Crippen LogP contribution in [-0.4, -0.2) is 46.0 Å². The Morgan fingerprint density at radius 1 is 1.35 bits per heavy atom. The second-order valence-electron chi connectivity index (χ2n) is 4.61. The zero-order chi connectivity index (χ0) is 15.2. The maximum Gasteiger partial charge on any atom is 0.255 e. The number of halogens is 1. The van der Waals surface area contributed by atoms with E-state index in [0.717, 1.165) is 0 Å². The standard InChI is InChI=1S/C14H20ClNO4/c1-14(20-4,9-18-2)8-16-13(17)11-7-10(15)5-6-12(11)19-3/h5-7H,8-9H2,1-4H3,(H,16,17)/t14-/m0/s1. The molecule has 6 heteroatoms. The normalized spacial score (nSPS) is 13.7. The summed E-state index contributed by atoms with van der Waals surface area (Å²) in [6.45, 7) is 2.54.